The fourth-order valence-electron chi connectivity index (χ4n) is 2.18. The molecule has 3 heteroatoms. The van der Waals surface area contributed by atoms with Gasteiger partial charge in [-0.3, -0.25) is 4.98 Å². The van der Waals surface area contributed by atoms with Crippen LogP contribution in [0.3, 0.4) is 0 Å². The normalized spacial score (nSPS) is 22.5. The van der Waals surface area contributed by atoms with E-state index in [0.717, 1.165) is 25.9 Å². The van der Waals surface area contributed by atoms with Gasteiger partial charge >= 0.3 is 0 Å². The van der Waals surface area contributed by atoms with Crippen molar-refractivity contribution in [3.63, 3.8) is 0 Å². The molecule has 1 aliphatic rings. The summed E-state index contributed by atoms with van der Waals surface area (Å²) in [5.41, 5.74) is 8.55. The van der Waals surface area contributed by atoms with Crippen molar-refractivity contribution in [3.8, 4) is 0 Å². The van der Waals surface area contributed by atoms with E-state index in [0.29, 0.717) is 6.04 Å². The molecular weight excluding hydrogens is 186 g/mol. The molecule has 0 bridgehead atoms. The summed E-state index contributed by atoms with van der Waals surface area (Å²) >= 11 is 0. The zero-order chi connectivity index (χ0) is 10.7. The first kappa shape index (κ1) is 10.4. The number of aromatic nitrogens is 1. The molecule has 0 aliphatic carbocycles. The first-order valence-electron chi connectivity index (χ1n) is 5.68. The van der Waals surface area contributed by atoms with Crippen molar-refractivity contribution in [1.82, 2.24) is 4.98 Å². The Labute approximate surface area is 91.3 Å². The molecule has 0 amide bonds. The van der Waals surface area contributed by atoms with Crippen molar-refractivity contribution in [2.45, 2.75) is 32.2 Å². The number of hydrogen-bond donors (Lipinski definition) is 1. The van der Waals surface area contributed by atoms with Gasteiger partial charge in [0.05, 0.1) is 0 Å². The van der Waals surface area contributed by atoms with Gasteiger partial charge in [0.15, 0.2) is 0 Å². The van der Waals surface area contributed by atoms with Crippen LogP contribution in [0.1, 0.15) is 24.8 Å². The van der Waals surface area contributed by atoms with E-state index in [-0.39, 0.29) is 0 Å². The van der Waals surface area contributed by atoms with Gasteiger partial charge in [-0.25, -0.2) is 0 Å². The molecule has 2 N–H and O–H groups in total. The highest BCUT2D eigenvalue weighted by molar-refractivity contribution is 5.51. The number of pyridine rings is 1. The molecule has 0 saturated carbocycles. The molecule has 0 spiro atoms. The minimum atomic E-state index is 0.386. The highest BCUT2D eigenvalue weighted by atomic mass is 15.1. The van der Waals surface area contributed by atoms with E-state index in [1.165, 1.54) is 17.7 Å². The van der Waals surface area contributed by atoms with Gasteiger partial charge in [0.1, 0.15) is 0 Å². The van der Waals surface area contributed by atoms with Crippen LogP contribution in [0, 0.1) is 6.92 Å². The lowest BCUT2D eigenvalue weighted by molar-refractivity contribution is 0.601. The zero-order valence-corrected chi connectivity index (χ0v) is 9.32. The molecule has 1 aromatic heterocycles. The summed E-state index contributed by atoms with van der Waals surface area (Å²) in [6.45, 7) is 4.32. The summed E-state index contributed by atoms with van der Waals surface area (Å²) in [6.07, 6.45) is 7.25. The van der Waals surface area contributed by atoms with Gasteiger partial charge in [0, 0.05) is 37.2 Å². The second-order valence-corrected chi connectivity index (χ2v) is 4.34. The Morgan fingerprint density at radius 1 is 1.40 bits per heavy atom. The molecule has 2 rings (SSSR count). The van der Waals surface area contributed by atoms with Gasteiger partial charge in [-0.2, -0.15) is 0 Å². The van der Waals surface area contributed by atoms with E-state index in [1.807, 2.05) is 12.4 Å². The standard InChI is InChI=1S/C12H19N3/c1-10-9-14-6-4-12(10)15-7-2-3-11(13)5-8-15/h4,6,9,11H,2-3,5,7-8,13H2,1H3/t11-/m0/s1. The summed E-state index contributed by atoms with van der Waals surface area (Å²) in [6, 6.07) is 2.49. The predicted molar refractivity (Wildman–Crippen MR) is 63.0 cm³/mol. The Morgan fingerprint density at radius 2 is 2.27 bits per heavy atom. The first-order chi connectivity index (χ1) is 7.27. The molecule has 1 fully saturated rings. The number of aryl methyl sites for hydroxylation is 1. The van der Waals surface area contributed by atoms with Gasteiger partial charge < -0.3 is 10.6 Å². The van der Waals surface area contributed by atoms with Crippen molar-refractivity contribution in [2.75, 3.05) is 18.0 Å². The zero-order valence-electron chi connectivity index (χ0n) is 9.32. The van der Waals surface area contributed by atoms with Crippen LogP contribution in [0.2, 0.25) is 0 Å². The van der Waals surface area contributed by atoms with E-state index in [1.54, 1.807) is 0 Å². The number of nitrogens with two attached hydrogens (primary N) is 1. The molecule has 1 aliphatic heterocycles. The van der Waals surface area contributed by atoms with Crippen molar-refractivity contribution in [2.24, 2.45) is 5.73 Å². The second-order valence-electron chi connectivity index (χ2n) is 4.34. The molecule has 0 aromatic carbocycles. The van der Waals surface area contributed by atoms with Crippen LogP contribution in [0.25, 0.3) is 0 Å². The fraction of sp³-hybridized carbons (Fsp3) is 0.583. The van der Waals surface area contributed by atoms with Gasteiger partial charge in [-0.1, -0.05) is 0 Å². The quantitative estimate of drug-likeness (QED) is 0.759. The Bertz CT molecular complexity index is 324. The number of rotatable bonds is 1. The van der Waals surface area contributed by atoms with Gasteiger partial charge in [0.25, 0.3) is 0 Å². The van der Waals surface area contributed by atoms with E-state index in [9.17, 15) is 0 Å². The Morgan fingerprint density at radius 3 is 3.07 bits per heavy atom. The van der Waals surface area contributed by atoms with Gasteiger partial charge in [-0.15, -0.1) is 0 Å². The second kappa shape index (κ2) is 4.62. The summed E-state index contributed by atoms with van der Waals surface area (Å²) in [5, 5.41) is 0. The highest BCUT2D eigenvalue weighted by Crippen LogP contribution is 2.21. The molecule has 3 nitrogen and oxygen atoms in total. The Balaban J connectivity index is 2.13. The van der Waals surface area contributed by atoms with E-state index >= 15 is 0 Å². The largest absolute Gasteiger partial charge is 0.371 e. The minimum Gasteiger partial charge on any atom is -0.371 e. The fourth-order valence-corrected chi connectivity index (χ4v) is 2.18. The number of hydrogen-bond acceptors (Lipinski definition) is 3. The molecule has 1 saturated heterocycles. The van der Waals surface area contributed by atoms with Crippen LogP contribution in [0.4, 0.5) is 5.69 Å². The van der Waals surface area contributed by atoms with Gasteiger partial charge in [-0.05, 0) is 37.8 Å². The molecule has 1 aromatic rings. The van der Waals surface area contributed by atoms with Crippen molar-refractivity contribution < 1.29 is 0 Å². The summed E-state index contributed by atoms with van der Waals surface area (Å²) < 4.78 is 0. The number of nitrogens with zero attached hydrogens (tertiary/aromatic N) is 2. The van der Waals surface area contributed by atoms with Crippen LogP contribution >= 0.6 is 0 Å². The predicted octanol–water partition coefficient (Wildman–Crippen LogP) is 1.71. The molecule has 0 radical (unpaired) electrons. The third-order valence-corrected chi connectivity index (χ3v) is 3.10. The third-order valence-electron chi connectivity index (χ3n) is 3.10. The SMILES string of the molecule is Cc1cnccc1N1CCC[C@H](N)CC1. The van der Waals surface area contributed by atoms with Crippen LogP contribution in [-0.4, -0.2) is 24.1 Å². The molecule has 15 heavy (non-hydrogen) atoms. The van der Waals surface area contributed by atoms with Crippen LogP contribution in [-0.2, 0) is 0 Å². The Hall–Kier alpha value is -1.09. The Kier molecular flexibility index (Phi) is 3.21. The van der Waals surface area contributed by atoms with Crippen molar-refractivity contribution >= 4 is 5.69 Å². The van der Waals surface area contributed by atoms with E-state index < -0.39 is 0 Å². The third kappa shape index (κ3) is 2.48. The molecular formula is C12H19N3. The monoisotopic (exact) mass is 205 g/mol. The lowest BCUT2D eigenvalue weighted by atomic mass is 10.1. The summed E-state index contributed by atoms with van der Waals surface area (Å²) in [4.78, 5) is 6.56. The summed E-state index contributed by atoms with van der Waals surface area (Å²) in [7, 11) is 0. The van der Waals surface area contributed by atoms with E-state index in [2.05, 4.69) is 22.9 Å². The average Bonchev–Trinajstić information content (AvgIpc) is 2.44. The van der Waals surface area contributed by atoms with Gasteiger partial charge in [0.2, 0.25) is 0 Å². The van der Waals surface area contributed by atoms with E-state index in [4.69, 9.17) is 5.73 Å². The maximum atomic E-state index is 5.97. The molecule has 82 valence electrons. The van der Waals surface area contributed by atoms with Crippen molar-refractivity contribution in [3.05, 3.63) is 24.0 Å². The number of anilines is 1. The van der Waals surface area contributed by atoms with Crippen molar-refractivity contribution in [1.29, 1.82) is 0 Å². The minimum absolute atomic E-state index is 0.386. The molecule has 2 heterocycles. The molecule has 1 atom stereocenters. The van der Waals surface area contributed by atoms with Crippen LogP contribution < -0.4 is 10.6 Å². The maximum Gasteiger partial charge on any atom is 0.0426 e. The van der Waals surface area contributed by atoms with Crippen LogP contribution in [0.15, 0.2) is 18.5 Å². The topological polar surface area (TPSA) is 42.2 Å². The lowest BCUT2D eigenvalue weighted by Gasteiger charge is -2.24. The first-order valence-corrected chi connectivity index (χ1v) is 5.68. The smallest absolute Gasteiger partial charge is 0.0426 e. The molecule has 0 unspecified atom stereocenters. The highest BCUT2D eigenvalue weighted by Gasteiger charge is 2.15. The summed E-state index contributed by atoms with van der Waals surface area (Å²) in [5.74, 6) is 0. The van der Waals surface area contributed by atoms with Crippen LogP contribution in [0.5, 0.6) is 0 Å². The maximum absolute atomic E-state index is 5.97. The average molecular weight is 205 g/mol. The lowest BCUT2D eigenvalue weighted by Crippen LogP contribution is -2.26.